The molecule has 129 valence electrons. The van der Waals surface area contributed by atoms with E-state index in [1.165, 1.54) is 23.7 Å². The highest BCUT2D eigenvalue weighted by molar-refractivity contribution is 7.93. The molecule has 5 nitrogen and oxygen atoms in total. The topological polar surface area (TPSA) is 72.0 Å². The van der Waals surface area contributed by atoms with Gasteiger partial charge in [-0.1, -0.05) is 29.8 Å². The van der Waals surface area contributed by atoms with Crippen LogP contribution in [0.2, 0.25) is 5.02 Å². The average molecular weight is 397 g/mol. The van der Waals surface area contributed by atoms with Crippen molar-refractivity contribution in [3.05, 3.63) is 64.5 Å². The Bertz CT molecular complexity index is 994. The van der Waals surface area contributed by atoms with Crippen LogP contribution in [-0.4, -0.2) is 18.4 Å². The van der Waals surface area contributed by atoms with Crippen LogP contribution in [0.4, 0.5) is 10.2 Å². The van der Waals surface area contributed by atoms with Gasteiger partial charge in [-0.05, 0) is 19.1 Å². The van der Waals surface area contributed by atoms with Crippen LogP contribution in [0, 0.1) is 12.0 Å². The Morgan fingerprint density at radius 3 is 2.76 bits per heavy atom. The lowest BCUT2D eigenvalue weighted by Crippen LogP contribution is -2.11. The largest absolute Gasteiger partial charge is 0.362 e. The zero-order valence-corrected chi connectivity index (χ0v) is 15.3. The zero-order valence-electron chi connectivity index (χ0n) is 12.9. The SMILES string of the molecule is C[C@H](Nc1ncc(S(=O)(=O)c2n[c]cs2)cc1Cl)c1ccccc1F. The van der Waals surface area contributed by atoms with Crippen molar-refractivity contribution in [2.45, 2.75) is 22.2 Å². The molecule has 0 bridgehead atoms. The highest BCUT2D eigenvalue weighted by atomic mass is 35.5. The molecule has 0 spiro atoms. The zero-order chi connectivity index (χ0) is 18.0. The Hall–Kier alpha value is -2.03. The van der Waals surface area contributed by atoms with Crippen LogP contribution in [0.5, 0.6) is 0 Å². The maximum Gasteiger partial charge on any atom is 0.235 e. The monoisotopic (exact) mass is 396 g/mol. The van der Waals surface area contributed by atoms with Crippen LogP contribution in [0.25, 0.3) is 0 Å². The standard InChI is InChI=1S/C16H12ClFN3O2S2/c1-10(12-4-2-3-5-14(12)18)21-15-13(17)8-11(9-20-15)25(22,23)16-19-6-7-24-16/h2-5,7-10H,1H3,(H,20,21)/t10-/m0/s1. The van der Waals surface area contributed by atoms with Gasteiger partial charge in [0, 0.05) is 17.1 Å². The number of hydrogen-bond acceptors (Lipinski definition) is 6. The van der Waals surface area contributed by atoms with Crippen LogP contribution >= 0.6 is 22.9 Å². The Morgan fingerprint density at radius 1 is 1.36 bits per heavy atom. The second-order valence-corrected chi connectivity index (χ2v) is 8.52. The molecule has 0 aliphatic rings. The Labute approximate surface area is 153 Å². The summed E-state index contributed by atoms with van der Waals surface area (Å²) in [6, 6.07) is 7.24. The van der Waals surface area contributed by atoms with Crippen molar-refractivity contribution in [1.29, 1.82) is 0 Å². The first-order chi connectivity index (χ1) is 11.9. The van der Waals surface area contributed by atoms with E-state index in [0.717, 1.165) is 11.3 Å². The lowest BCUT2D eigenvalue weighted by atomic mass is 10.1. The van der Waals surface area contributed by atoms with Gasteiger partial charge in [0.05, 0.1) is 16.0 Å². The summed E-state index contributed by atoms with van der Waals surface area (Å²) in [5.41, 5.74) is 0.454. The average Bonchev–Trinajstić information content (AvgIpc) is 3.12. The quantitative estimate of drug-likeness (QED) is 0.701. The third-order valence-corrected chi connectivity index (χ3v) is 6.60. The van der Waals surface area contributed by atoms with E-state index in [4.69, 9.17) is 11.6 Å². The molecule has 25 heavy (non-hydrogen) atoms. The summed E-state index contributed by atoms with van der Waals surface area (Å²) in [6.45, 7) is 1.76. The molecule has 1 radical (unpaired) electrons. The smallest absolute Gasteiger partial charge is 0.235 e. The van der Waals surface area contributed by atoms with Crippen LogP contribution in [-0.2, 0) is 9.84 Å². The number of anilines is 1. The van der Waals surface area contributed by atoms with Gasteiger partial charge in [0.25, 0.3) is 0 Å². The second-order valence-electron chi connectivity index (χ2n) is 5.13. The molecular weight excluding hydrogens is 385 g/mol. The number of rotatable bonds is 5. The molecule has 2 aromatic heterocycles. The highest BCUT2D eigenvalue weighted by Gasteiger charge is 2.22. The van der Waals surface area contributed by atoms with Crippen molar-refractivity contribution in [1.82, 2.24) is 9.97 Å². The molecule has 3 rings (SSSR count). The fraction of sp³-hybridized carbons (Fsp3) is 0.125. The summed E-state index contributed by atoms with van der Waals surface area (Å²) < 4.78 is 38.6. The molecule has 1 N–H and O–H groups in total. The number of nitrogens with zero attached hydrogens (tertiary/aromatic N) is 2. The fourth-order valence-electron chi connectivity index (χ4n) is 2.19. The molecule has 2 heterocycles. The first kappa shape index (κ1) is 17.8. The van der Waals surface area contributed by atoms with Crippen LogP contribution in [0.1, 0.15) is 18.5 Å². The van der Waals surface area contributed by atoms with E-state index in [9.17, 15) is 12.8 Å². The molecule has 0 saturated carbocycles. The summed E-state index contributed by atoms with van der Waals surface area (Å²) in [5, 5.41) is 4.55. The van der Waals surface area contributed by atoms with E-state index in [-0.39, 0.29) is 25.9 Å². The van der Waals surface area contributed by atoms with E-state index < -0.39 is 15.9 Å². The Balaban J connectivity index is 1.87. The first-order valence-corrected chi connectivity index (χ1v) is 9.87. The normalized spacial score (nSPS) is 12.8. The maximum absolute atomic E-state index is 13.8. The molecule has 0 aliphatic carbocycles. The Morgan fingerprint density at radius 2 is 2.12 bits per heavy atom. The third-order valence-electron chi connectivity index (χ3n) is 3.45. The van der Waals surface area contributed by atoms with E-state index in [0.29, 0.717) is 5.56 Å². The lowest BCUT2D eigenvalue weighted by molar-refractivity contribution is 0.595. The number of sulfone groups is 1. The summed E-state index contributed by atoms with van der Waals surface area (Å²) in [7, 11) is -3.78. The maximum atomic E-state index is 13.8. The molecular formula is C16H12ClFN3O2S2. The molecule has 3 aromatic rings. The number of thiazole rings is 1. The number of benzene rings is 1. The van der Waals surface area contributed by atoms with Crippen LogP contribution in [0.3, 0.4) is 0 Å². The minimum absolute atomic E-state index is 0.0649. The van der Waals surface area contributed by atoms with Gasteiger partial charge in [0.2, 0.25) is 14.2 Å². The van der Waals surface area contributed by atoms with Gasteiger partial charge in [-0.25, -0.2) is 22.8 Å². The second kappa shape index (κ2) is 7.07. The van der Waals surface area contributed by atoms with Gasteiger partial charge >= 0.3 is 0 Å². The van der Waals surface area contributed by atoms with Crippen molar-refractivity contribution in [2.75, 3.05) is 5.32 Å². The predicted octanol–water partition coefficient (Wildman–Crippen LogP) is 4.14. The van der Waals surface area contributed by atoms with Crippen molar-refractivity contribution < 1.29 is 12.8 Å². The minimum atomic E-state index is -3.78. The number of halogens is 2. The van der Waals surface area contributed by atoms with Crippen LogP contribution < -0.4 is 5.32 Å². The van der Waals surface area contributed by atoms with Gasteiger partial charge in [-0.2, -0.15) is 0 Å². The molecule has 0 amide bonds. The summed E-state index contributed by atoms with van der Waals surface area (Å²) in [4.78, 5) is 7.70. The van der Waals surface area contributed by atoms with Crippen LogP contribution in [0.15, 0.2) is 51.1 Å². The van der Waals surface area contributed by atoms with E-state index in [2.05, 4.69) is 21.5 Å². The van der Waals surface area contributed by atoms with Gasteiger partial charge in [0.1, 0.15) is 17.8 Å². The number of hydrogen-bond donors (Lipinski definition) is 1. The molecule has 0 fully saturated rings. The third kappa shape index (κ3) is 3.65. The van der Waals surface area contributed by atoms with Crippen molar-refractivity contribution in [3.63, 3.8) is 0 Å². The molecule has 1 atom stereocenters. The van der Waals surface area contributed by atoms with Crippen molar-refractivity contribution in [3.8, 4) is 0 Å². The fourth-order valence-corrected chi connectivity index (χ4v) is 4.56. The molecule has 0 aliphatic heterocycles. The molecule has 9 heteroatoms. The minimum Gasteiger partial charge on any atom is -0.362 e. The van der Waals surface area contributed by atoms with Gasteiger partial charge < -0.3 is 5.32 Å². The van der Waals surface area contributed by atoms with Crippen molar-refractivity contribution >= 4 is 38.6 Å². The number of pyridine rings is 1. The summed E-state index contributed by atoms with van der Waals surface area (Å²) in [6.07, 6.45) is 3.66. The van der Waals surface area contributed by atoms with Crippen molar-refractivity contribution in [2.24, 2.45) is 0 Å². The van der Waals surface area contributed by atoms with E-state index in [1.807, 2.05) is 0 Å². The molecule has 0 unspecified atom stereocenters. The van der Waals surface area contributed by atoms with E-state index in [1.54, 1.807) is 25.1 Å². The molecule has 1 aromatic carbocycles. The number of nitrogens with one attached hydrogen (secondary N) is 1. The summed E-state index contributed by atoms with van der Waals surface area (Å²) in [5.74, 6) is -0.0834. The first-order valence-electron chi connectivity index (χ1n) is 7.13. The van der Waals surface area contributed by atoms with Gasteiger partial charge in [0.15, 0.2) is 0 Å². The summed E-state index contributed by atoms with van der Waals surface area (Å²) >= 11 is 7.12. The predicted molar refractivity (Wildman–Crippen MR) is 94.1 cm³/mol. The highest BCUT2D eigenvalue weighted by Crippen LogP contribution is 2.29. The van der Waals surface area contributed by atoms with Gasteiger partial charge in [-0.3, -0.25) is 0 Å². The Kier molecular flexibility index (Phi) is 5.03. The molecule has 0 saturated heterocycles. The van der Waals surface area contributed by atoms with Gasteiger partial charge in [-0.15, -0.1) is 11.3 Å². The number of aromatic nitrogens is 2. The lowest BCUT2D eigenvalue weighted by Gasteiger charge is -2.16. The van der Waals surface area contributed by atoms with E-state index >= 15 is 0 Å².